The fourth-order valence-electron chi connectivity index (χ4n) is 0.426. The maximum Gasteiger partial charge on any atom is 0.129 e. The standard InChI is InChI=1S/C6H12O.H3NO/c1-3-4-5-6(2)7;1-2/h3-5H2,1-2H3;2H,1H2. The zero-order valence-corrected chi connectivity index (χ0v) is 6.05. The summed E-state index contributed by atoms with van der Waals surface area (Å²) in [6, 6.07) is 0. The smallest absolute Gasteiger partial charge is 0.129 e. The minimum absolute atomic E-state index is 0.307. The van der Waals surface area contributed by atoms with Gasteiger partial charge in [-0.05, 0) is 13.3 Å². The molecule has 0 spiro atoms. The first-order valence-electron chi connectivity index (χ1n) is 3.02. The third-order valence-electron chi connectivity index (χ3n) is 0.882. The molecule has 0 radical (unpaired) electrons. The fourth-order valence-corrected chi connectivity index (χ4v) is 0.426. The van der Waals surface area contributed by atoms with Crippen LogP contribution >= 0.6 is 0 Å². The molecule has 0 saturated heterocycles. The second kappa shape index (κ2) is 10.5. The first kappa shape index (κ1) is 11.4. The Hall–Kier alpha value is -0.410. The molecule has 0 unspecified atom stereocenters. The summed E-state index contributed by atoms with van der Waals surface area (Å²) in [6.07, 6.45) is 2.94. The molecule has 0 aromatic rings. The van der Waals surface area contributed by atoms with Gasteiger partial charge in [0, 0.05) is 6.42 Å². The van der Waals surface area contributed by atoms with Gasteiger partial charge in [-0.1, -0.05) is 13.3 Å². The van der Waals surface area contributed by atoms with E-state index in [9.17, 15) is 4.79 Å². The molecule has 0 atom stereocenters. The number of nitrogens with two attached hydrogens (primary N) is 1. The Labute approximate surface area is 55.8 Å². The van der Waals surface area contributed by atoms with Crippen molar-refractivity contribution < 1.29 is 10.0 Å². The molecule has 0 bridgehead atoms. The van der Waals surface area contributed by atoms with Crippen LogP contribution in [0, 0.1) is 0 Å². The highest BCUT2D eigenvalue weighted by atomic mass is 16.4. The molecule has 0 saturated carbocycles. The minimum Gasteiger partial charge on any atom is -0.320 e. The fraction of sp³-hybridized carbons (Fsp3) is 0.833. The average Bonchev–Trinajstić information content (AvgIpc) is 1.88. The monoisotopic (exact) mass is 133 g/mol. The normalized spacial score (nSPS) is 7.56. The maximum atomic E-state index is 10.2. The summed E-state index contributed by atoms with van der Waals surface area (Å²) in [7, 11) is 0. The zero-order chi connectivity index (χ0) is 7.70. The van der Waals surface area contributed by atoms with Crippen LogP contribution in [-0.4, -0.2) is 11.0 Å². The topological polar surface area (TPSA) is 63.3 Å². The van der Waals surface area contributed by atoms with Gasteiger partial charge in [-0.25, -0.2) is 5.90 Å². The molecule has 0 aliphatic rings. The lowest BCUT2D eigenvalue weighted by atomic mass is 10.2. The summed E-state index contributed by atoms with van der Waals surface area (Å²) < 4.78 is 0. The van der Waals surface area contributed by atoms with Crippen LogP contribution in [-0.2, 0) is 4.79 Å². The van der Waals surface area contributed by atoms with Crippen LogP contribution in [0.25, 0.3) is 0 Å². The number of hydrogen-bond donors (Lipinski definition) is 2. The van der Waals surface area contributed by atoms with E-state index in [2.05, 4.69) is 12.8 Å². The number of unbranched alkanes of at least 4 members (excludes halogenated alkanes) is 1. The molecule has 9 heavy (non-hydrogen) atoms. The van der Waals surface area contributed by atoms with E-state index in [0.717, 1.165) is 19.3 Å². The minimum atomic E-state index is 0.307. The van der Waals surface area contributed by atoms with Crippen molar-refractivity contribution in [3.63, 3.8) is 0 Å². The lowest BCUT2D eigenvalue weighted by Crippen LogP contribution is -1.86. The third kappa shape index (κ3) is 18.4. The highest BCUT2D eigenvalue weighted by molar-refractivity contribution is 5.75. The molecular formula is C6H15NO2. The number of rotatable bonds is 3. The van der Waals surface area contributed by atoms with Crippen molar-refractivity contribution in [2.24, 2.45) is 5.90 Å². The van der Waals surface area contributed by atoms with Crippen molar-refractivity contribution in [3.8, 4) is 0 Å². The summed E-state index contributed by atoms with van der Waals surface area (Å²) in [4.78, 5) is 10.2. The Morgan fingerprint density at radius 2 is 2.00 bits per heavy atom. The molecule has 56 valence electrons. The molecule has 0 heterocycles. The van der Waals surface area contributed by atoms with Crippen LogP contribution in [0.15, 0.2) is 0 Å². The first-order valence-corrected chi connectivity index (χ1v) is 3.02. The van der Waals surface area contributed by atoms with Gasteiger partial charge in [-0.15, -0.1) is 0 Å². The largest absolute Gasteiger partial charge is 0.320 e. The van der Waals surface area contributed by atoms with Crippen molar-refractivity contribution in [1.82, 2.24) is 0 Å². The van der Waals surface area contributed by atoms with Crippen LogP contribution < -0.4 is 5.90 Å². The van der Waals surface area contributed by atoms with E-state index < -0.39 is 0 Å². The molecule has 0 aromatic carbocycles. The number of carbonyl (C=O) groups is 1. The van der Waals surface area contributed by atoms with Gasteiger partial charge in [-0.3, -0.25) is 0 Å². The highest BCUT2D eigenvalue weighted by Gasteiger charge is 1.87. The van der Waals surface area contributed by atoms with Crippen LogP contribution in [0.3, 0.4) is 0 Å². The van der Waals surface area contributed by atoms with Crippen LogP contribution in [0.4, 0.5) is 0 Å². The second-order valence-corrected chi connectivity index (χ2v) is 1.81. The summed E-state index contributed by atoms with van der Waals surface area (Å²) in [6.45, 7) is 3.72. The van der Waals surface area contributed by atoms with E-state index >= 15 is 0 Å². The Balaban J connectivity index is 0. The van der Waals surface area contributed by atoms with E-state index in [-0.39, 0.29) is 0 Å². The van der Waals surface area contributed by atoms with E-state index in [1.165, 1.54) is 0 Å². The molecule has 3 nitrogen and oxygen atoms in total. The van der Waals surface area contributed by atoms with Gasteiger partial charge in [0.15, 0.2) is 0 Å². The van der Waals surface area contributed by atoms with Gasteiger partial charge < -0.3 is 10.0 Å². The molecule has 3 N–H and O–H groups in total. The van der Waals surface area contributed by atoms with E-state index in [4.69, 9.17) is 5.21 Å². The summed E-state index contributed by atoms with van der Waals surface area (Å²) in [5.41, 5.74) is 0. The van der Waals surface area contributed by atoms with Gasteiger partial charge in [-0.2, -0.15) is 0 Å². The van der Waals surface area contributed by atoms with Gasteiger partial charge in [0.2, 0.25) is 0 Å². The van der Waals surface area contributed by atoms with Crippen LogP contribution in [0.1, 0.15) is 33.1 Å². The van der Waals surface area contributed by atoms with Crippen molar-refractivity contribution in [2.75, 3.05) is 0 Å². The molecule has 0 aromatic heterocycles. The zero-order valence-electron chi connectivity index (χ0n) is 6.05. The van der Waals surface area contributed by atoms with Crippen molar-refractivity contribution >= 4 is 5.78 Å². The van der Waals surface area contributed by atoms with Crippen molar-refractivity contribution in [3.05, 3.63) is 0 Å². The molecule has 0 aliphatic heterocycles. The Morgan fingerprint density at radius 3 is 2.11 bits per heavy atom. The lowest BCUT2D eigenvalue weighted by molar-refractivity contribution is -0.117. The van der Waals surface area contributed by atoms with E-state index in [1.54, 1.807) is 6.92 Å². The first-order chi connectivity index (χ1) is 4.27. The Bertz CT molecular complexity index is 64.1. The molecule has 0 amide bonds. The number of carbonyl (C=O) groups excluding carboxylic acids is 1. The van der Waals surface area contributed by atoms with E-state index in [0.29, 0.717) is 5.78 Å². The predicted octanol–water partition coefficient (Wildman–Crippen LogP) is 1.10. The lowest BCUT2D eigenvalue weighted by Gasteiger charge is -1.86. The van der Waals surface area contributed by atoms with Gasteiger partial charge in [0.05, 0.1) is 0 Å². The number of hydrogen-bond acceptors (Lipinski definition) is 3. The number of Topliss-reactive ketones (excluding diaryl/α,β-unsaturated/α-hetero) is 1. The van der Waals surface area contributed by atoms with Crippen molar-refractivity contribution in [1.29, 1.82) is 0 Å². The average molecular weight is 133 g/mol. The summed E-state index contributed by atoms with van der Waals surface area (Å²) in [5, 5.41) is 6.50. The number of ketones is 1. The van der Waals surface area contributed by atoms with Gasteiger partial charge in [0.1, 0.15) is 5.78 Å². The predicted molar refractivity (Wildman–Crippen MR) is 36.2 cm³/mol. The summed E-state index contributed by atoms with van der Waals surface area (Å²) >= 11 is 0. The molecular weight excluding hydrogens is 118 g/mol. The highest BCUT2D eigenvalue weighted by Crippen LogP contribution is 1.92. The molecule has 0 fully saturated rings. The summed E-state index contributed by atoms with van der Waals surface area (Å²) in [5.74, 6) is 3.81. The third-order valence-corrected chi connectivity index (χ3v) is 0.882. The van der Waals surface area contributed by atoms with Crippen LogP contribution in [0.5, 0.6) is 0 Å². The molecule has 0 rings (SSSR count). The Kier molecular flexibility index (Phi) is 13.4. The maximum absolute atomic E-state index is 10.2. The Morgan fingerprint density at radius 1 is 1.56 bits per heavy atom. The van der Waals surface area contributed by atoms with Crippen LogP contribution in [0.2, 0.25) is 0 Å². The van der Waals surface area contributed by atoms with Gasteiger partial charge in [0.25, 0.3) is 0 Å². The molecule has 0 aliphatic carbocycles. The van der Waals surface area contributed by atoms with Gasteiger partial charge >= 0.3 is 0 Å². The second-order valence-electron chi connectivity index (χ2n) is 1.81. The van der Waals surface area contributed by atoms with Crippen molar-refractivity contribution in [2.45, 2.75) is 33.1 Å². The quantitative estimate of drug-likeness (QED) is 0.566. The van der Waals surface area contributed by atoms with E-state index in [1.807, 2.05) is 0 Å². The SMILES string of the molecule is CCCCC(C)=O.NO. The molecule has 3 heteroatoms.